The van der Waals surface area contributed by atoms with E-state index in [2.05, 4.69) is 20.8 Å². The lowest BCUT2D eigenvalue weighted by molar-refractivity contribution is 0.102. The summed E-state index contributed by atoms with van der Waals surface area (Å²) in [6, 6.07) is 10.3. The van der Waals surface area contributed by atoms with Gasteiger partial charge in [-0.15, -0.1) is 0 Å². The predicted molar refractivity (Wildman–Crippen MR) is 97.3 cm³/mol. The zero-order valence-corrected chi connectivity index (χ0v) is 14.7. The van der Waals surface area contributed by atoms with Crippen LogP contribution in [0.5, 0.6) is 0 Å². The van der Waals surface area contributed by atoms with Crippen LogP contribution in [0.1, 0.15) is 37.7 Å². The van der Waals surface area contributed by atoms with Gasteiger partial charge in [-0.3, -0.25) is 14.6 Å². The molecular weight excluding hydrogens is 332 g/mol. The van der Waals surface area contributed by atoms with E-state index in [0.717, 1.165) is 16.8 Å². The van der Waals surface area contributed by atoms with Gasteiger partial charge in [0.2, 0.25) is 0 Å². The third-order valence-electron chi connectivity index (χ3n) is 3.75. The number of aryl methyl sites for hydroxylation is 3. The summed E-state index contributed by atoms with van der Waals surface area (Å²) in [5.74, 6) is 0.0828. The average molecular weight is 350 g/mol. The molecule has 2 aromatic heterocycles. The Morgan fingerprint density at radius 2 is 1.77 bits per heavy atom. The number of carbonyl (C=O) groups is 2. The van der Waals surface area contributed by atoms with Gasteiger partial charge in [-0.1, -0.05) is 22.9 Å². The van der Waals surface area contributed by atoms with Gasteiger partial charge in [0.1, 0.15) is 11.5 Å². The second-order valence-corrected chi connectivity index (χ2v) is 5.98. The molecule has 3 aromatic rings. The largest absolute Gasteiger partial charge is 0.360 e. The van der Waals surface area contributed by atoms with Crippen LogP contribution in [0.25, 0.3) is 0 Å². The molecule has 0 bridgehead atoms. The highest BCUT2D eigenvalue weighted by Crippen LogP contribution is 2.17. The molecule has 0 aliphatic rings. The van der Waals surface area contributed by atoms with Crippen molar-refractivity contribution >= 4 is 23.3 Å². The maximum absolute atomic E-state index is 12.5. The monoisotopic (exact) mass is 350 g/mol. The van der Waals surface area contributed by atoms with Crippen LogP contribution in [0.4, 0.5) is 11.5 Å². The van der Waals surface area contributed by atoms with Gasteiger partial charge in [0.05, 0.1) is 0 Å². The van der Waals surface area contributed by atoms with Crippen molar-refractivity contribution in [1.82, 2.24) is 10.1 Å². The topological polar surface area (TPSA) is 97.1 Å². The molecule has 7 heteroatoms. The minimum absolute atomic E-state index is 0.110. The van der Waals surface area contributed by atoms with Crippen LogP contribution in [-0.4, -0.2) is 22.0 Å². The number of hydrogen-bond acceptors (Lipinski definition) is 5. The number of carbonyl (C=O) groups excluding carboxylic acids is 2. The maximum atomic E-state index is 12.5. The van der Waals surface area contributed by atoms with E-state index in [9.17, 15) is 9.59 Å². The molecule has 0 saturated heterocycles. The molecule has 0 aliphatic carbocycles. The summed E-state index contributed by atoms with van der Waals surface area (Å²) in [6.45, 7) is 5.63. The zero-order chi connectivity index (χ0) is 18.7. The minimum atomic E-state index is -0.473. The van der Waals surface area contributed by atoms with Gasteiger partial charge in [0.15, 0.2) is 5.82 Å². The van der Waals surface area contributed by atoms with E-state index in [4.69, 9.17) is 4.52 Å². The number of nitrogens with one attached hydrogen (secondary N) is 2. The lowest BCUT2D eigenvalue weighted by atomic mass is 10.1. The predicted octanol–water partition coefficient (Wildman–Crippen LogP) is 3.50. The van der Waals surface area contributed by atoms with Crippen LogP contribution in [0.15, 0.2) is 47.1 Å². The second kappa shape index (κ2) is 7.18. The van der Waals surface area contributed by atoms with Crippen molar-refractivity contribution in [3.05, 3.63) is 70.7 Å². The second-order valence-electron chi connectivity index (χ2n) is 5.98. The van der Waals surface area contributed by atoms with Crippen LogP contribution in [0.3, 0.4) is 0 Å². The lowest BCUT2D eigenvalue weighted by Crippen LogP contribution is -2.17. The Morgan fingerprint density at radius 3 is 2.46 bits per heavy atom. The van der Waals surface area contributed by atoms with E-state index >= 15 is 0 Å². The number of nitrogens with zero attached hydrogens (tertiary/aromatic N) is 2. The smallest absolute Gasteiger partial charge is 0.275 e. The Bertz CT molecular complexity index is 978. The first-order valence-corrected chi connectivity index (χ1v) is 8.02. The van der Waals surface area contributed by atoms with E-state index in [0.29, 0.717) is 17.1 Å². The molecule has 0 spiro atoms. The molecule has 0 saturated carbocycles. The fourth-order valence-corrected chi connectivity index (χ4v) is 2.45. The van der Waals surface area contributed by atoms with E-state index in [1.165, 1.54) is 12.3 Å². The summed E-state index contributed by atoms with van der Waals surface area (Å²) in [5, 5.41) is 9.12. The number of amides is 2. The van der Waals surface area contributed by atoms with E-state index in [1.54, 1.807) is 19.1 Å². The average Bonchev–Trinajstić information content (AvgIpc) is 3.02. The molecule has 2 heterocycles. The van der Waals surface area contributed by atoms with Crippen molar-refractivity contribution in [2.45, 2.75) is 20.8 Å². The minimum Gasteiger partial charge on any atom is -0.360 e. The molecule has 0 radical (unpaired) electrons. The van der Waals surface area contributed by atoms with Gasteiger partial charge in [0, 0.05) is 23.5 Å². The van der Waals surface area contributed by atoms with Crippen LogP contribution in [0, 0.1) is 20.8 Å². The normalized spacial score (nSPS) is 10.4. The molecule has 7 nitrogen and oxygen atoms in total. The van der Waals surface area contributed by atoms with Crippen molar-refractivity contribution in [3.8, 4) is 0 Å². The van der Waals surface area contributed by atoms with Gasteiger partial charge in [-0.05, 0) is 44.5 Å². The van der Waals surface area contributed by atoms with Crippen molar-refractivity contribution in [2.24, 2.45) is 0 Å². The molecule has 132 valence electrons. The van der Waals surface area contributed by atoms with Crippen LogP contribution in [0.2, 0.25) is 0 Å². The van der Waals surface area contributed by atoms with Gasteiger partial charge in [-0.2, -0.15) is 0 Å². The molecule has 3 rings (SSSR count). The fraction of sp³-hybridized carbons (Fsp3) is 0.158. The SMILES string of the molecule is Cc1ccc(NC(=O)c2ccnc(C(=O)Nc3cc(C)on3)c2)c(C)c1. The first kappa shape index (κ1) is 17.3. The van der Waals surface area contributed by atoms with Crippen molar-refractivity contribution in [2.75, 3.05) is 10.6 Å². The van der Waals surface area contributed by atoms with Crippen molar-refractivity contribution < 1.29 is 14.1 Å². The van der Waals surface area contributed by atoms with Gasteiger partial charge < -0.3 is 15.2 Å². The number of pyridine rings is 1. The molecule has 0 atom stereocenters. The van der Waals surface area contributed by atoms with E-state index in [1.807, 2.05) is 32.0 Å². The number of aromatic nitrogens is 2. The van der Waals surface area contributed by atoms with E-state index in [-0.39, 0.29) is 11.6 Å². The Morgan fingerprint density at radius 1 is 0.962 bits per heavy atom. The molecule has 0 unspecified atom stereocenters. The Hall–Kier alpha value is -3.48. The summed E-state index contributed by atoms with van der Waals surface area (Å²) < 4.78 is 4.90. The Labute approximate surface area is 150 Å². The number of hydrogen-bond donors (Lipinski definition) is 2. The molecule has 0 aliphatic heterocycles. The summed E-state index contributed by atoms with van der Waals surface area (Å²) in [6.07, 6.45) is 1.42. The summed E-state index contributed by atoms with van der Waals surface area (Å²) >= 11 is 0. The van der Waals surface area contributed by atoms with Crippen molar-refractivity contribution in [1.29, 1.82) is 0 Å². The summed E-state index contributed by atoms with van der Waals surface area (Å²) in [4.78, 5) is 28.8. The molecule has 0 fully saturated rings. The maximum Gasteiger partial charge on any atom is 0.275 e. The molecule has 2 amide bonds. The molecule has 1 aromatic carbocycles. The highest BCUT2D eigenvalue weighted by atomic mass is 16.5. The lowest BCUT2D eigenvalue weighted by Gasteiger charge is -2.09. The quantitative estimate of drug-likeness (QED) is 0.750. The highest BCUT2D eigenvalue weighted by molar-refractivity contribution is 6.07. The van der Waals surface area contributed by atoms with Crippen LogP contribution >= 0.6 is 0 Å². The standard InChI is InChI=1S/C19H18N4O3/c1-11-4-5-15(12(2)8-11)21-18(24)14-6-7-20-16(10-14)19(25)22-17-9-13(3)26-23-17/h4-10H,1-3H3,(H,21,24)(H,22,23,25). The molecule has 26 heavy (non-hydrogen) atoms. The fourth-order valence-electron chi connectivity index (χ4n) is 2.45. The summed E-state index contributed by atoms with van der Waals surface area (Å²) in [7, 11) is 0. The van der Waals surface area contributed by atoms with Crippen LogP contribution in [-0.2, 0) is 0 Å². The van der Waals surface area contributed by atoms with Crippen LogP contribution < -0.4 is 10.6 Å². The first-order valence-electron chi connectivity index (χ1n) is 8.02. The summed E-state index contributed by atoms with van der Waals surface area (Å²) in [5.41, 5.74) is 3.25. The number of anilines is 2. The Kier molecular flexibility index (Phi) is 4.79. The van der Waals surface area contributed by atoms with E-state index < -0.39 is 5.91 Å². The highest BCUT2D eigenvalue weighted by Gasteiger charge is 2.14. The van der Waals surface area contributed by atoms with Gasteiger partial charge in [-0.25, -0.2) is 0 Å². The third-order valence-corrected chi connectivity index (χ3v) is 3.75. The van der Waals surface area contributed by atoms with Gasteiger partial charge in [0.25, 0.3) is 11.8 Å². The van der Waals surface area contributed by atoms with Crippen molar-refractivity contribution in [3.63, 3.8) is 0 Å². The molecular formula is C19H18N4O3. The zero-order valence-electron chi connectivity index (χ0n) is 14.7. The Balaban J connectivity index is 1.75. The third kappa shape index (κ3) is 3.94. The van der Waals surface area contributed by atoms with Gasteiger partial charge >= 0.3 is 0 Å². The number of benzene rings is 1. The number of rotatable bonds is 4. The first-order chi connectivity index (χ1) is 12.4. The molecule has 2 N–H and O–H groups in total.